The first-order valence-corrected chi connectivity index (χ1v) is 13.5. The van der Waals surface area contributed by atoms with Crippen LogP contribution in [0.15, 0.2) is 18.2 Å². The quantitative estimate of drug-likeness (QED) is 0.374. The van der Waals surface area contributed by atoms with Crippen molar-refractivity contribution in [3.63, 3.8) is 0 Å². The summed E-state index contributed by atoms with van der Waals surface area (Å²) in [5.41, 5.74) is 0.214. The van der Waals surface area contributed by atoms with Gasteiger partial charge in [-0.3, -0.25) is 9.48 Å². The highest BCUT2D eigenvalue weighted by Crippen LogP contribution is 2.39. The van der Waals surface area contributed by atoms with Crippen LogP contribution in [0.25, 0.3) is 11.3 Å². The minimum atomic E-state index is -4.40. The zero-order chi connectivity index (χ0) is 29.4. The summed E-state index contributed by atoms with van der Waals surface area (Å²) in [6.07, 6.45) is -0.677. The number of hydrogen-bond donors (Lipinski definition) is 3. The molecule has 1 atom stereocenters. The number of anilines is 1. The lowest BCUT2D eigenvalue weighted by molar-refractivity contribution is -0.138. The van der Waals surface area contributed by atoms with Crippen LogP contribution in [0.5, 0.6) is 5.75 Å². The molecule has 1 heterocycles. The van der Waals surface area contributed by atoms with Gasteiger partial charge in [0.2, 0.25) is 0 Å². The van der Waals surface area contributed by atoms with Gasteiger partial charge in [0.05, 0.1) is 23.4 Å². The van der Waals surface area contributed by atoms with E-state index in [0.717, 1.165) is 19.8 Å². The van der Waals surface area contributed by atoms with Crippen molar-refractivity contribution in [2.75, 3.05) is 19.0 Å². The number of aliphatic hydroxyl groups is 1. The Morgan fingerprint density at radius 2 is 1.95 bits per heavy atom. The third kappa shape index (κ3) is 8.67. The molecule has 1 saturated carbocycles. The predicted molar refractivity (Wildman–Crippen MR) is 142 cm³/mol. The normalized spacial score (nSPS) is 19.9. The molecular weight excluding hydrogens is 561 g/mol. The van der Waals surface area contributed by atoms with E-state index in [1.54, 1.807) is 10.7 Å². The number of methoxy groups -OCH3 is 1. The van der Waals surface area contributed by atoms with E-state index >= 15 is 0 Å². The Labute approximate surface area is 234 Å². The minimum absolute atomic E-state index is 0.0165. The predicted octanol–water partition coefficient (Wildman–Crippen LogP) is 4.99. The maximum absolute atomic E-state index is 13.0. The second-order valence-electron chi connectivity index (χ2n) is 9.71. The van der Waals surface area contributed by atoms with Crippen molar-refractivity contribution >= 4 is 34.8 Å². The number of hydrogen-bond acceptors (Lipinski definition) is 7. The lowest BCUT2D eigenvalue weighted by Gasteiger charge is -2.34. The van der Waals surface area contributed by atoms with Crippen LogP contribution in [0.4, 0.5) is 18.9 Å². The maximum Gasteiger partial charge on any atom is 0.408 e. The minimum Gasteiger partial charge on any atom is -0.496 e. The van der Waals surface area contributed by atoms with E-state index in [1.165, 1.54) is 19.2 Å². The molecule has 39 heavy (non-hydrogen) atoms. The second kappa shape index (κ2) is 14.1. The van der Waals surface area contributed by atoms with Crippen LogP contribution in [0.2, 0.25) is 5.02 Å². The number of rotatable bonds is 9. The third-order valence-electron chi connectivity index (χ3n) is 6.66. The number of halogens is 4. The summed E-state index contributed by atoms with van der Waals surface area (Å²) >= 11 is 5.91. The van der Waals surface area contributed by atoms with E-state index in [4.69, 9.17) is 24.8 Å². The number of carbonyl (C=O) groups is 1. The lowest BCUT2D eigenvalue weighted by Crippen LogP contribution is -2.45. The topological polar surface area (TPSA) is 123 Å². The molecule has 3 rings (SSSR count). The summed E-state index contributed by atoms with van der Waals surface area (Å²) < 4.78 is 62.6. The van der Waals surface area contributed by atoms with Crippen molar-refractivity contribution in [1.82, 2.24) is 15.1 Å². The largest absolute Gasteiger partial charge is 0.496 e. The Kier molecular flexibility index (Phi) is 11.8. The summed E-state index contributed by atoms with van der Waals surface area (Å²) in [6, 6.07) is 2.79. The number of benzene rings is 1. The van der Waals surface area contributed by atoms with E-state index in [9.17, 15) is 23.1 Å². The fourth-order valence-corrected chi connectivity index (χ4v) is 4.65. The summed E-state index contributed by atoms with van der Waals surface area (Å²) in [7, 11) is 1.41. The average molecular weight is 595 g/mol. The van der Waals surface area contributed by atoms with E-state index in [1.807, 2.05) is 6.92 Å². The number of nitrogens with one attached hydrogen (secondary N) is 2. The molecular formula is C25H34ClF3N4O5S. The van der Waals surface area contributed by atoms with Gasteiger partial charge >= 0.3 is 17.7 Å². The number of carbonyl (C=O) groups excluding carboxylic acids is 1. The van der Waals surface area contributed by atoms with Crippen molar-refractivity contribution in [3.05, 3.63) is 28.9 Å². The molecule has 14 heteroatoms. The van der Waals surface area contributed by atoms with Gasteiger partial charge in [0, 0.05) is 30.4 Å². The first-order valence-electron chi connectivity index (χ1n) is 12.5. The fraction of sp³-hybridized carbons (Fsp3) is 0.600. The maximum atomic E-state index is 13.0. The van der Waals surface area contributed by atoms with Crippen molar-refractivity contribution < 1.29 is 36.2 Å². The van der Waals surface area contributed by atoms with Gasteiger partial charge in [0.25, 0.3) is 5.91 Å². The van der Waals surface area contributed by atoms with Gasteiger partial charge in [-0.05, 0) is 57.1 Å². The van der Waals surface area contributed by atoms with E-state index in [0.29, 0.717) is 43.0 Å². The molecule has 0 unspecified atom stereocenters. The van der Waals surface area contributed by atoms with Gasteiger partial charge in [-0.1, -0.05) is 25.4 Å². The first kappa shape index (κ1) is 32.6. The molecule has 1 aliphatic carbocycles. The highest BCUT2D eigenvalue weighted by molar-refractivity contribution is 7.51. The third-order valence-corrected chi connectivity index (χ3v) is 7.02. The molecule has 0 radical (unpaired) electrons. The van der Waals surface area contributed by atoms with Gasteiger partial charge in [0.15, 0.2) is 5.69 Å². The van der Waals surface area contributed by atoms with Crippen molar-refractivity contribution in [3.8, 4) is 17.0 Å². The Balaban J connectivity index is 0.00000170. The summed E-state index contributed by atoms with van der Waals surface area (Å²) in [5, 5.41) is 20.5. The molecule has 9 nitrogen and oxygen atoms in total. The lowest BCUT2D eigenvalue weighted by atomic mass is 9.79. The van der Waals surface area contributed by atoms with Crippen LogP contribution in [0.3, 0.4) is 0 Å². The van der Waals surface area contributed by atoms with Crippen LogP contribution in [0, 0.1) is 5.92 Å². The number of ether oxygens (including phenoxy) is 1. The fourth-order valence-electron chi connectivity index (χ4n) is 4.33. The summed E-state index contributed by atoms with van der Waals surface area (Å²) in [5.74, 6) is 0.335. The van der Waals surface area contributed by atoms with Crippen LogP contribution in [0.1, 0.15) is 63.4 Å². The second-order valence-corrected chi connectivity index (χ2v) is 10.2. The Bertz CT molecular complexity index is 1160. The number of aromatic nitrogens is 2. The van der Waals surface area contributed by atoms with E-state index in [2.05, 4.69) is 22.7 Å². The average Bonchev–Trinajstić information content (AvgIpc) is 3.20. The van der Waals surface area contributed by atoms with Gasteiger partial charge in [0.1, 0.15) is 11.8 Å². The molecule has 1 aromatic carbocycles. The highest BCUT2D eigenvalue weighted by atomic mass is 35.5. The van der Waals surface area contributed by atoms with Crippen molar-refractivity contribution in [1.29, 1.82) is 0 Å². The molecule has 0 aliphatic heterocycles. The van der Waals surface area contributed by atoms with Crippen LogP contribution >= 0.6 is 11.6 Å². The Morgan fingerprint density at radius 3 is 2.49 bits per heavy atom. The van der Waals surface area contributed by atoms with Gasteiger partial charge in [-0.15, -0.1) is 0 Å². The van der Waals surface area contributed by atoms with Crippen LogP contribution in [-0.2, 0) is 18.1 Å². The first-order chi connectivity index (χ1) is 18.3. The Hall–Kier alpha value is -2.64. The Morgan fingerprint density at radius 1 is 1.33 bits per heavy atom. The zero-order valence-electron chi connectivity index (χ0n) is 22.2. The molecule has 1 aromatic heterocycles. The molecule has 1 fully saturated rings. The van der Waals surface area contributed by atoms with Gasteiger partial charge in [-0.25, -0.2) is 0 Å². The number of alkyl halides is 3. The standard InChI is InChI=1S/C25H34ClF3N4O3.O2S/c1-5-12-33-22(18-7-6-17(13-19(18)36-4)31-16(3)25(27,28)29)20(26)21(32-33)23(34)30-14-24(35)10-8-15(2)9-11-24;1-3-2/h6-7,13,15-16,31,35H,5,8-12,14H2,1-4H3,(H,30,34);/t15?,16-,24?;/m1./s1. The smallest absolute Gasteiger partial charge is 0.408 e. The molecule has 3 N–H and O–H groups in total. The highest BCUT2D eigenvalue weighted by Gasteiger charge is 2.36. The zero-order valence-corrected chi connectivity index (χ0v) is 23.8. The number of amides is 1. The molecule has 218 valence electrons. The van der Waals surface area contributed by atoms with Crippen molar-refractivity contribution in [2.45, 2.75) is 77.2 Å². The van der Waals surface area contributed by atoms with Crippen LogP contribution < -0.4 is 15.4 Å². The van der Waals surface area contributed by atoms with Gasteiger partial charge < -0.3 is 20.5 Å². The van der Waals surface area contributed by atoms with E-state index < -0.39 is 35.3 Å². The van der Waals surface area contributed by atoms with Gasteiger partial charge in [-0.2, -0.15) is 26.7 Å². The number of aryl methyl sites for hydroxylation is 1. The SMILES string of the molecule is CCCn1nc(C(=O)NCC2(O)CCC(C)CC2)c(Cl)c1-c1ccc(N[C@H](C)C(F)(F)F)cc1OC.O=S=O. The molecule has 0 saturated heterocycles. The number of nitrogens with zero attached hydrogens (tertiary/aromatic N) is 2. The molecule has 1 aliphatic rings. The molecule has 2 aromatic rings. The summed E-state index contributed by atoms with van der Waals surface area (Å²) in [6.45, 7) is 5.68. The van der Waals surface area contributed by atoms with E-state index in [-0.39, 0.29) is 28.7 Å². The monoisotopic (exact) mass is 594 g/mol. The molecule has 0 spiro atoms. The molecule has 0 bridgehead atoms. The summed E-state index contributed by atoms with van der Waals surface area (Å²) in [4.78, 5) is 13.0. The van der Waals surface area contributed by atoms with Crippen molar-refractivity contribution in [2.24, 2.45) is 5.92 Å². The van der Waals surface area contributed by atoms with Crippen LogP contribution in [-0.4, -0.2) is 60.7 Å². The molecule has 1 amide bonds.